The van der Waals surface area contributed by atoms with Crippen LogP contribution in [0.25, 0.3) is 21.8 Å². The van der Waals surface area contributed by atoms with Gasteiger partial charge in [-0.25, -0.2) is 0 Å². The van der Waals surface area contributed by atoms with Crippen LogP contribution in [0.3, 0.4) is 0 Å². The molecule has 0 spiro atoms. The molecule has 128 valence electrons. The van der Waals surface area contributed by atoms with Gasteiger partial charge in [-0.3, -0.25) is 4.57 Å². The van der Waals surface area contributed by atoms with E-state index in [1.165, 1.54) is 21.8 Å². The largest absolute Gasteiger partial charge is 0.340 e. The SMILES string of the molecule is CCOP(=O)(CCCn1c2ccccc2c2ccccc21)OCC. The maximum absolute atomic E-state index is 12.6. The third-order valence-corrected chi connectivity index (χ3v) is 6.31. The average Bonchev–Trinajstić information content (AvgIpc) is 2.90. The molecule has 24 heavy (non-hydrogen) atoms. The van der Waals surface area contributed by atoms with Crippen LogP contribution in [-0.2, 0) is 20.2 Å². The molecule has 0 unspecified atom stereocenters. The molecule has 1 heterocycles. The molecule has 0 aliphatic heterocycles. The molecule has 0 N–H and O–H groups in total. The van der Waals surface area contributed by atoms with E-state index in [-0.39, 0.29) is 0 Å². The third-order valence-electron chi connectivity index (χ3n) is 4.15. The Bertz CT molecular complexity index is 808. The van der Waals surface area contributed by atoms with Crippen LogP contribution in [-0.4, -0.2) is 23.9 Å². The summed E-state index contributed by atoms with van der Waals surface area (Å²) in [5, 5.41) is 2.51. The summed E-state index contributed by atoms with van der Waals surface area (Å²) >= 11 is 0. The topological polar surface area (TPSA) is 40.5 Å². The summed E-state index contributed by atoms with van der Waals surface area (Å²) in [5.41, 5.74) is 2.42. The lowest BCUT2D eigenvalue weighted by Crippen LogP contribution is -2.04. The van der Waals surface area contributed by atoms with Gasteiger partial charge in [0.2, 0.25) is 0 Å². The van der Waals surface area contributed by atoms with Crippen LogP contribution in [0.15, 0.2) is 48.5 Å². The fourth-order valence-electron chi connectivity index (χ4n) is 3.23. The van der Waals surface area contributed by atoms with Crippen molar-refractivity contribution in [3.05, 3.63) is 48.5 Å². The summed E-state index contributed by atoms with van der Waals surface area (Å²) in [4.78, 5) is 0. The van der Waals surface area contributed by atoms with E-state index in [0.717, 1.165) is 13.0 Å². The van der Waals surface area contributed by atoms with Gasteiger partial charge in [0.05, 0.1) is 19.4 Å². The van der Waals surface area contributed by atoms with Crippen LogP contribution >= 0.6 is 7.60 Å². The number of fused-ring (bicyclic) bond motifs is 3. The number of nitrogens with zero attached hydrogens (tertiary/aromatic N) is 1. The summed E-state index contributed by atoms with van der Waals surface area (Å²) in [7, 11) is -2.97. The van der Waals surface area contributed by atoms with E-state index in [0.29, 0.717) is 19.4 Å². The number of aromatic nitrogens is 1. The summed E-state index contributed by atoms with van der Waals surface area (Å²) in [6.45, 7) is 5.30. The molecule has 4 nitrogen and oxygen atoms in total. The van der Waals surface area contributed by atoms with Gasteiger partial charge in [-0.1, -0.05) is 36.4 Å². The van der Waals surface area contributed by atoms with Crippen molar-refractivity contribution in [1.82, 2.24) is 4.57 Å². The molecule has 0 fully saturated rings. The van der Waals surface area contributed by atoms with Crippen molar-refractivity contribution in [3.8, 4) is 0 Å². The van der Waals surface area contributed by atoms with Crippen LogP contribution in [0.2, 0.25) is 0 Å². The Balaban J connectivity index is 1.86. The van der Waals surface area contributed by atoms with Gasteiger partial charge < -0.3 is 13.6 Å². The highest BCUT2D eigenvalue weighted by Gasteiger charge is 2.23. The van der Waals surface area contributed by atoms with Gasteiger partial charge in [0.15, 0.2) is 0 Å². The zero-order valence-electron chi connectivity index (χ0n) is 14.3. The van der Waals surface area contributed by atoms with E-state index in [1.54, 1.807) is 0 Å². The van der Waals surface area contributed by atoms with E-state index in [1.807, 2.05) is 13.8 Å². The Kier molecular flexibility index (Phi) is 5.40. The number of aryl methyl sites for hydroxylation is 1. The predicted molar refractivity (Wildman–Crippen MR) is 99.8 cm³/mol. The Morgan fingerprint density at radius 1 is 0.875 bits per heavy atom. The third kappa shape index (κ3) is 3.41. The minimum absolute atomic E-state index is 0.409. The smallest absolute Gasteiger partial charge is 0.330 e. The van der Waals surface area contributed by atoms with Gasteiger partial charge in [0, 0.05) is 28.4 Å². The molecule has 0 radical (unpaired) electrons. The highest BCUT2D eigenvalue weighted by Crippen LogP contribution is 2.48. The zero-order valence-corrected chi connectivity index (χ0v) is 15.2. The van der Waals surface area contributed by atoms with Gasteiger partial charge in [0.1, 0.15) is 0 Å². The van der Waals surface area contributed by atoms with E-state index in [4.69, 9.17) is 9.05 Å². The van der Waals surface area contributed by atoms with Crippen molar-refractivity contribution in [2.45, 2.75) is 26.8 Å². The number of benzene rings is 2. The summed E-state index contributed by atoms with van der Waals surface area (Å²) in [6, 6.07) is 16.8. The Morgan fingerprint density at radius 2 is 1.38 bits per heavy atom. The first-order chi connectivity index (χ1) is 11.7. The van der Waals surface area contributed by atoms with Gasteiger partial charge >= 0.3 is 7.60 Å². The van der Waals surface area contributed by atoms with Crippen molar-refractivity contribution in [1.29, 1.82) is 0 Å². The molecule has 0 aliphatic rings. The second kappa shape index (κ2) is 7.52. The van der Waals surface area contributed by atoms with Crippen molar-refractivity contribution >= 4 is 29.4 Å². The highest BCUT2D eigenvalue weighted by molar-refractivity contribution is 7.53. The fraction of sp³-hybridized carbons (Fsp3) is 0.368. The first kappa shape index (κ1) is 17.2. The predicted octanol–water partition coefficient (Wildman–Crippen LogP) is 5.45. The number of hydrogen-bond donors (Lipinski definition) is 0. The van der Waals surface area contributed by atoms with Crippen molar-refractivity contribution in [3.63, 3.8) is 0 Å². The summed E-state index contributed by atoms with van der Waals surface area (Å²) < 4.78 is 25.7. The van der Waals surface area contributed by atoms with Crippen LogP contribution in [0.4, 0.5) is 0 Å². The number of rotatable bonds is 8. The maximum atomic E-state index is 12.6. The molecule has 1 aromatic heterocycles. The molecule has 2 aromatic carbocycles. The number of para-hydroxylation sites is 2. The lowest BCUT2D eigenvalue weighted by Gasteiger charge is -2.17. The van der Waals surface area contributed by atoms with Crippen molar-refractivity contribution in [2.75, 3.05) is 19.4 Å². The van der Waals surface area contributed by atoms with Crippen LogP contribution in [0.1, 0.15) is 20.3 Å². The molecule has 0 atom stereocenters. The lowest BCUT2D eigenvalue weighted by molar-refractivity contribution is 0.219. The lowest BCUT2D eigenvalue weighted by atomic mass is 10.2. The standard InChI is InChI=1S/C19H24NO3P/c1-3-22-24(21,23-4-2)15-9-14-20-18-12-7-5-10-16(18)17-11-6-8-13-19(17)20/h5-8,10-13H,3-4,9,14-15H2,1-2H3. The van der Waals surface area contributed by atoms with Crippen LogP contribution in [0, 0.1) is 0 Å². The number of hydrogen-bond acceptors (Lipinski definition) is 3. The molecule has 3 aromatic rings. The van der Waals surface area contributed by atoms with Crippen molar-refractivity contribution in [2.24, 2.45) is 0 Å². The van der Waals surface area contributed by atoms with Crippen LogP contribution in [0.5, 0.6) is 0 Å². The van der Waals surface area contributed by atoms with E-state index < -0.39 is 7.60 Å². The first-order valence-corrected chi connectivity index (χ1v) is 10.3. The second-order valence-electron chi connectivity index (χ2n) is 5.71. The first-order valence-electron chi connectivity index (χ1n) is 8.52. The van der Waals surface area contributed by atoms with E-state index in [2.05, 4.69) is 53.1 Å². The van der Waals surface area contributed by atoms with E-state index in [9.17, 15) is 4.57 Å². The Morgan fingerprint density at radius 3 is 1.88 bits per heavy atom. The Labute approximate surface area is 142 Å². The fourth-order valence-corrected chi connectivity index (χ4v) is 4.87. The molecular weight excluding hydrogens is 321 g/mol. The zero-order chi connectivity index (χ0) is 17.0. The normalized spacial score (nSPS) is 12.2. The van der Waals surface area contributed by atoms with E-state index >= 15 is 0 Å². The minimum atomic E-state index is -2.97. The molecule has 0 saturated heterocycles. The molecular formula is C19H24NO3P. The average molecular weight is 345 g/mol. The van der Waals surface area contributed by atoms with Gasteiger partial charge in [-0.05, 0) is 32.4 Å². The molecule has 5 heteroatoms. The van der Waals surface area contributed by atoms with Gasteiger partial charge in [-0.2, -0.15) is 0 Å². The minimum Gasteiger partial charge on any atom is -0.340 e. The second-order valence-corrected chi connectivity index (χ2v) is 7.89. The molecule has 3 rings (SSSR count). The molecule has 0 aliphatic carbocycles. The maximum Gasteiger partial charge on any atom is 0.330 e. The monoisotopic (exact) mass is 345 g/mol. The van der Waals surface area contributed by atoms with Crippen molar-refractivity contribution < 1.29 is 13.6 Å². The van der Waals surface area contributed by atoms with Gasteiger partial charge in [-0.15, -0.1) is 0 Å². The highest BCUT2D eigenvalue weighted by atomic mass is 31.2. The van der Waals surface area contributed by atoms with Gasteiger partial charge in [0.25, 0.3) is 0 Å². The quantitative estimate of drug-likeness (QED) is 0.510. The Hall–Kier alpha value is -1.61. The molecule has 0 amide bonds. The molecule has 0 bridgehead atoms. The summed E-state index contributed by atoms with van der Waals surface area (Å²) in [5.74, 6) is 0. The summed E-state index contributed by atoms with van der Waals surface area (Å²) in [6.07, 6.45) is 1.19. The molecule has 0 saturated carbocycles. The van der Waals surface area contributed by atoms with Crippen LogP contribution < -0.4 is 0 Å².